The molecule has 18 heavy (non-hydrogen) atoms. The Morgan fingerprint density at radius 1 is 1.44 bits per heavy atom. The normalized spacial score (nSPS) is 19.9. The number of hydrogen-bond acceptors (Lipinski definition) is 3. The van der Waals surface area contributed by atoms with Gasteiger partial charge in [0.05, 0.1) is 11.1 Å². The van der Waals surface area contributed by atoms with Crippen molar-refractivity contribution in [2.24, 2.45) is 0 Å². The van der Waals surface area contributed by atoms with Crippen LogP contribution < -0.4 is 5.32 Å². The summed E-state index contributed by atoms with van der Waals surface area (Å²) in [6, 6.07) is 5.64. The lowest BCUT2D eigenvalue weighted by Crippen LogP contribution is -2.24. The number of phenols is 1. The van der Waals surface area contributed by atoms with E-state index in [1.807, 2.05) is 12.1 Å². The lowest BCUT2D eigenvalue weighted by Gasteiger charge is -2.21. The molecule has 2 N–H and O–H groups in total. The molecule has 3 nitrogen and oxygen atoms in total. The summed E-state index contributed by atoms with van der Waals surface area (Å²) in [6.45, 7) is 6.22. The molecule has 0 aromatic heterocycles. The summed E-state index contributed by atoms with van der Waals surface area (Å²) in [5, 5.41) is 12.7. The van der Waals surface area contributed by atoms with Crippen LogP contribution in [0.1, 0.15) is 31.9 Å². The van der Waals surface area contributed by atoms with Gasteiger partial charge in [0.15, 0.2) is 0 Å². The molecule has 1 amide bonds. The quantitative estimate of drug-likeness (QED) is 0.863. The topological polar surface area (TPSA) is 49.3 Å². The molecule has 0 aliphatic carbocycles. The van der Waals surface area contributed by atoms with Gasteiger partial charge in [0.2, 0.25) is 5.91 Å². The first kappa shape index (κ1) is 13.3. The Morgan fingerprint density at radius 3 is 2.72 bits per heavy atom. The predicted molar refractivity (Wildman–Crippen MR) is 74.9 cm³/mol. The number of carbonyl (C=O) groups is 1. The first-order valence-corrected chi connectivity index (χ1v) is 7.14. The van der Waals surface area contributed by atoms with Crippen molar-refractivity contribution in [2.45, 2.75) is 37.9 Å². The van der Waals surface area contributed by atoms with Gasteiger partial charge in [0.1, 0.15) is 5.75 Å². The zero-order chi connectivity index (χ0) is 13.3. The zero-order valence-electron chi connectivity index (χ0n) is 11.0. The molecular weight excluding hydrogens is 246 g/mol. The number of hydrogen-bond donors (Lipinski definition) is 2. The number of benzene rings is 1. The first-order valence-electron chi connectivity index (χ1n) is 6.09. The maximum atomic E-state index is 11.5. The van der Waals surface area contributed by atoms with E-state index in [4.69, 9.17) is 0 Å². The molecular formula is C14H19NO2S. The summed E-state index contributed by atoms with van der Waals surface area (Å²) in [6.07, 6.45) is 0.722. The molecule has 0 radical (unpaired) electrons. The van der Waals surface area contributed by atoms with Crippen molar-refractivity contribution in [1.82, 2.24) is 5.32 Å². The van der Waals surface area contributed by atoms with E-state index >= 15 is 0 Å². The molecule has 1 aromatic rings. The maximum Gasteiger partial charge on any atom is 0.234 e. The third-order valence-electron chi connectivity index (χ3n) is 3.11. The third-order valence-corrected chi connectivity index (χ3v) is 4.21. The van der Waals surface area contributed by atoms with E-state index in [-0.39, 0.29) is 16.6 Å². The van der Waals surface area contributed by atoms with Crippen LogP contribution in [0.5, 0.6) is 5.75 Å². The highest BCUT2D eigenvalue weighted by Crippen LogP contribution is 2.32. The lowest BCUT2D eigenvalue weighted by molar-refractivity contribution is -0.119. The largest absolute Gasteiger partial charge is 0.508 e. The Morgan fingerprint density at radius 2 is 2.17 bits per heavy atom. The number of thioether (sulfide) groups is 1. The van der Waals surface area contributed by atoms with Gasteiger partial charge in [-0.05, 0) is 29.0 Å². The molecule has 4 heteroatoms. The summed E-state index contributed by atoms with van der Waals surface area (Å²) in [4.78, 5) is 11.5. The van der Waals surface area contributed by atoms with E-state index in [2.05, 4.69) is 26.1 Å². The molecule has 1 fully saturated rings. The molecule has 2 rings (SSSR count). The molecule has 1 aliphatic rings. The smallest absolute Gasteiger partial charge is 0.234 e. The van der Waals surface area contributed by atoms with Crippen LogP contribution in [0.15, 0.2) is 18.2 Å². The van der Waals surface area contributed by atoms with Crippen LogP contribution in [-0.2, 0) is 16.6 Å². The molecule has 1 aliphatic heterocycles. The van der Waals surface area contributed by atoms with Crippen molar-refractivity contribution in [3.63, 3.8) is 0 Å². The van der Waals surface area contributed by atoms with E-state index in [0.717, 1.165) is 17.5 Å². The highest BCUT2D eigenvalue weighted by Gasteiger charge is 2.26. The molecule has 0 saturated carbocycles. The lowest BCUT2D eigenvalue weighted by atomic mass is 9.85. The van der Waals surface area contributed by atoms with Crippen LogP contribution >= 0.6 is 11.8 Å². The summed E-state index contributed by atoms with van der Waals surface area (Å²) < 4.78 is 0. The van der Waals surface area contributed by atoms with Crippen molar-refractivity contribution in [1.29, 1.82) is 0 Å². The molecule has 1 saturated heterocycles. The fraction of sp³-hybridized carbons (Fsp3) is 0.500. The van der Waals surface area contributed by atoms with E-state index in [9.17, 15) is 9.90 Å². The monoisotopic (exact) mass is 265 g/mol. The maximum absolute atomic E-state index is 11.5. The van der Waals surface area contributed by atoms with Crippen molar-refractivity contribution in [2.75, 3.05) is 5.88 Å². The highest BCUT2D eigenvalue weighted by atomic mass is 32.2. The molecule has 0 spiro atoms. The second-order valence-corrected chi connectivity index (χ2v) is 6.84. The van der Waals surface area contributed by atoms with Crippen molar-refractivity contribution < 1.29 is 9.90 Å². The van der Waals surface area contributed by atoms with Gasteiger partial charge in [-0.15, -0.1) is 11.8 Å². The van der Waals surface area contributed by atoms with Crippen molar-refractivity contribution in [3.05, 3.63) is 29.3 Å². The average Bonchev–Trinajstić information content (AvgIpc) is 2.66. The van der Waals surface area contributed by atoms with Crippen LogP contribution in [0, 0.1) is 0 Å². The Bertz CT molecular complexity index is 465. The predicted octanol–water partition coefficient (Wildman–Crippen LogP) is 2.42. The van der Waals surface area contributed by atoms with Gasteiger partial charge in [-0.25, -0.2) is 0 Å². The Hall–Kier alpha value is -1.16. The van der Waals surface area contributed by atoms with E-state index in [1.54, 1.807) is 17.8 Å². The summed E-state index contributed by atoms with van der Waals surface area (Å²) in [7, 11) is 0. The van der Waals surface area contributed by atoms with Crippen LogP contribution in [0.2, 0.25) is 0 Å². The van der Waals surface area contributed by atoms with E-state index in [0.29, 0.717) is 11.6 Å². The van der Waals surface area contributed by atoms with Gasteiger partial charge in [-0.2, -0.15) is 0 Å². The fourth-order valence-corrected chi connectivity index (χ4v) is 3.05. The van der Waals surface area contributed by atoms with Gasteiger partial charge in [-0.3, -0.25) is 4.79 Å². The van der Waals surface area contributed by atoms with Gasteiger partial charge >= 0.3 is 0 Å². The summed E-state index contributed by atoms with van der Waals surface area (Å²) in [5.41, 5.74) is 1.95. The van der Waals surface area contributed by atoms with Crippen molar-refractivity contribution >= 4 is 17.7 Å². The highest BCUT2D eigenvalue weighted by molar-refractivity contribution is 8.01. The van der Waals surface area contributed by atoms with Crippen molar-refractivity contribution in [3.8, 4) is 5.75 Å². The second-order valence-electron chi connectivity index (χ2n) is 5.65. The second kappa shape index (κ2) is 4.84. The zero-order valence-corrected chi connectivity index (χ0v) is 11.8. The Labute approximate surface area is 112 Å². The van der Waals surface area contributed by atoms with Gasteiger partial charge in [-0.1, -0.05) is 32.9 Å². The molecule has 0 bridgehead atoms. The Balaban J connectivity index is 2.22. The van der Waals surface area contributed by atoms with E-state index < -0.39 is 0 Å². The number of phenolic OH excluding ortho intramolecular Hbond substituents is 1. The number of amides is 1. The number of aromatic hydroxyl groups is 1. The van der Waals surface area contributed by atoms with Crippen LogP contribution in [-0.4, -0.2) is 22.1 Å². The van der Waals surface area contributed by atoms with Crippen LogP contribution in [0.25, 0.3) is 0 Å². The molecule has 1 heterocycles. The minimum atomic E-state index is -0.0921. The Kier molecular flexibility index (Phi) is 3.57. The number of nitrogens with one attached hydrogen (secondary N) is 1. The minimum Gasteiger partial charge on any atom is -0.508 e. The van der Waals surface area contributed by atoms with Gasteiger partial charge < -0.3 is 10.4 Å². The summed E-state index contributed by atoms with van der Waals surface area (Å²) >= 11 is 1.64. The van der Waals surface area contributed by atoms with Gasteiger partial charge in [0.25, 0.3) is 0 Å². The third kappa shape index (κ3) is 2.80. The SMILES string of the molecule is CC(C)(C)c1cc(CC2SCNC2=O)ccc1O. The van der Waals surface area contributed by atoms with Crippen LogP contribution in [0.3, 0.4) is 0 Å². The standard InChI is InChI=1S/C14H19NO2S/c1-14(2,3)10-6-9(4-5-11(10)16)7-12-13(17)15-8-18-12/h4-6,12,16H,7-8H2,1-3H3,(H,15,17). The van der Waals surface area contributed by atoms with Crippen LogP contribution in [0.4, 0.5) is 0 Å². The minimum absolute atomic E-state index is 0.00219. The van der Waals surface area contributed by atoms with Gasteiger partial charge in [0, 0.05) is 0 Å². The molecule has 98 valence electrons. The summed E-state index contributed by atoms with van der Waals surface area (Å²) in [5.74, 6) is 1.15. The molecule has 1 atom stereocenters. The number of rotatable bonds is 2. The van der Waals surface area contributed by atoms with E-state index in [1.165, 1.54) is 0 Å². The fourth-order valence-electron chi connectivity index (χ4n) is 2.08. The average molecular weight is 265 g/mol. The molecule has 1 unspecified atom stereocenters. The first-order chi connectivity index (χ1) is 8.38. The number of carbonyl (C=O) groups excluding carboxylic acids is 1. The molecule has 1 aromatic carbocycles.